The van der Waals surface area contributed by atoms with E-state index in [0.29, 0.717) is 12.3 Å². The van der Waals surface area contributed by atoms with E-state index < -0.39 is 4.84 Å². The molecule has 3 aromatic rings. The molecule has 0 aliphatic heterocycles. The molecular formula is C17H13Cl2NO. The number of nitrogens with zero attached hydrogens (tertiary/aromatic N) is 1. The molecule has 0 N–H and O–H groups in total. The van der Waals surface area contributed by atoms with Gasteiger partial charge in [0.2, 0.25) is 0 Å². The number of fused-ring (bicyclic) bond motifs is 1. The van der Waals surface area contributed by atoms with Crippen molar-refractivity contribution in [3.8, 4) is 5.75 Å². The van der Waals surface area contributed by atoms with Gasteiger partial charge in [0, 0.05) is 5.39 Å². The number of hydrogen-bond donors (Lipinski definition) is 0. The summed E-state index contributed by atoms with van der Waals surface area (Å²) < 4.78 is 5.89. The molecule has 21 heavy (non-hydrogen) atoms. The van der Waals surface area contributed by atoms with Crippen molar-refractivity contribution in [3.05, 3.63) is 71.9 Å². The molecule has 0 amide bonds. The highest BCUT2D eigenvalue weighted by atomic mass is 35.5. The minimum absolute atomic E-state index is 0.497. The summed E-state index contributed by atoms with van der Waals surface area (Å²) in [4.78, 5) is 3.86. The van der Waals surface area contributed by atoms with Crippen LogP contribution < -0.4 is 4.74 Å². The van der Waals surface area contributed by atoms with Crippen LogP contribution in [-0.4, -0.2) is 4.98 Å². The SMILES string of the molecule is ClC(Cl)c1ccc2cccc(OCc3ccccc3)c2n1. The van der Waals surface area contributed by atoms with Gasteiger partial charge in [-0.25, -0.2) is 4.98 Å². The van der Waals surface area contributed by atoms with Gasteiger partial charge < -0.3 is 4.74 Å². The lowest BCUT2D eigenvalue weighted by Crippen LogP contribution is -1.97. The highest BCUT2D eigenvalue weighted by molar-refractivity contribution is 6.43. The third kappa shape index (κ3) is 3.29. The van der Waals surface area contributed by atoms with Crippen LogP contribution in [0.4, 0.5) is 0 Å². The number of pyridine rings is 1. The predicted molar refractivity (Wildman–Crippen MR) is 87.0 cm³/mol. The fourth-order valence-corrected chi connectivity index (χ4v) is 2.35. The summed E-state index contributed by atoms with van der Waals surface area (Å²) in [6.45, 7) is 0.497. The number of ether oxygens (including phenoxy) is 1. The maximum Gasteiger partial charge on any atom is 0.149 e. The highest BCUT2D eigenvalue weighted by Gasteiger charge is 2.09. The van der Waals surface area contributed by atoms with E-state index in [4.69, 9.17) is 27.9 Å². The van der Waals surface area contributed by atoms with Gasteiger partial charge in [-0.05, 0) is 17.7 Å². The minimum atomic E-state index is -0.642. The molecule has 0 fully saturated rings. The molecule has 1 heterocycles. The molecule has 0 bridgehead atoms. The van der Waals surface area contributed by atoms with E-state index in [2.05, 4.69) is 4.98 Å². The summed E-state index contributed by atoms with van der Waals surface area (Å²) in [5.41, 5.74) is 2.51. The Morgan fingerprint density at radius 1 is 0.905 bits per heavy atom. The second kappa shape index (κ2) is 6.33. The summed E-state index contributed by atoms with van der Waals surface area (Å²) >= 11 is 11.8. The van der Waals surface area contributed by atoms with E-state index in [0.717, 1.165) is 22.2 Å². The fraction of sp³-hybridized carbons (Fsp3) is 0.118. The Bertz CT molecular complexity index is 744. The Balaban J connectivity index is 1.92. The number of hydrogen-bond acceptors (Lipinski definition) is 2. The fourth-order valence-electron chi connectivity index (χ4n) is 2.11. The van der Waals surface area contributed by atoms with Gasteiger partial charge in [-0.3, -0.25) is 0 Å². The number of benzene rings is 2. The third-order valence-electron chi connectivity index (χ3n) is 3.17. The minimum Gasteiger partial charge on any atom is -0.487 e. The lowest BCUT2D eigenvalue weighted by molar-refractivity contribution is 0.309. The molecule has 0 atom stereocenters. The van der Waals surface area contributed by atoms with Crippen molar-refractivity contribution in [1.29, 1.82) is 0 Å². The van der Waals surface area contributed by atoms with E-state index in [9.17, 15) is 0 Å². The van der Waals surface area contributed by atoms with Crippen molar-refractivity contribution in [2.45, 2.75) is 11.4 Å². The van der Waals surface area contributed by atoms with Gasteiger partial charge in [0.25, 0.3) is 0 Å². The average molecular weight is 318 g/mol. The van der Waals surface area contributed by atoms with Crippen LogP contribution in [0.5, 0.6) is 5.75 Å². The first-order valence-corrected chi connectivity index (χ1v) is 7.46. The number of halogens is 2. The molecule has 4 heteroatoms. The van der Waals surface area contributed by atoms with Crippen molar-refractivity contribution in [2.75, 3.05) is 0 Å². The first-order valence-electron chi connectivity index (χ1n) is 6.58. The van der Waals surface area contributed by atoms with Crippen LogP contribution in [0.2, 0.25) is 0 Å². The molecule has 2 aromatic carbocycles. The smallest absolute Gasteiger partial charge is 0.149 e. The quantitative estimate of drug-likeness (QED) is 0.610. The molecular weight excluding hydrogens is 305 g/mol. The molecule has 0 radical (unpaired) electrons. The van der Waals surface area contributed by atoms with Crippen LogP contribution in [0.3, 0.4) is 0 Å². The van der Waals surface area contributed by atoms with Crippen molar-refractivity contribution in [1.82, 2.24) is 4.98 Å². The maximum atomic E-state index is 5.89. The van der Waals surface area contributed by atoms with E-state index in [1.165, 1.54) is 0 Å². The molecule has 1 aromatic heterocycles. The Kier molecular flexibility index (Phi) is 4.28. The van der Waals surface area contributed by atoms with E-state index in [1.807, 2.05) is 60.7 Å². The summed E-state index contributed by atoms with van der Waals surface area (Å²) in [5.74, 6) is 0.729. The van der Waals surface area contributed by atoms with Gasteiger partial charge in [-0.1, -0.05) is 71.7 Å². The van der Waals surface area contributed by atoms with Crippen LogP contribution >= 0.6 is 23.2 Å². The van der Waals surface area contributed by atoms with Gasteiger partial charge in [0.15, 0.2) is 0 Å². The van der Waals surface area contributed by atoms with E-state index >= 15 is 0 Å². The largest absolute Gasteiger partial charge is 0.487 e. The summed E-state index contributed by atoms with van der Waals surface area (Å²) in [5, 5.41) is 0.998. The Morgan fingerprint density at radius 2 is 1.71 bits per heavy atom. The molecule has 0 unspecified atom stereocenters. The normalized spacial score (nSPS) is 11.0. The van der Waals surface area contributed by atoms with Crippen LogP contribution in [0.25, 0.3) is 10.9 Å². The zero-order chi connectivity index (χ0) is 14.7. The molecule has 3 rings (SSSR count). The highest BCUT2D eigenvalue weighted by Crippen LogP contribution is 2.29. The van der Waals surface area contributed by atoms with Crippen LogP contribution in [0.15, 0.2) is 60.7 Å². The Morgan fingerprint density at radius 3 is 2.48 bits per heavy atom. The summed E-state index contributed by atoms with van der Waals surface area (Å²) in [7, 11) is 0. The van der Waals surface area contributed by atoms with E-state index in [-0.39, 0.29) is 0 Å². The van der Waals surface area contributed by atoms with Crippen molar-refractivity contribution >= 4 is 34.1 Å². The lowest BCUT2D eigenvalue weighted by atomic mass is 10.2. The van der Waals surface area contributed by atoms with Crippen molar-refractivity contribution < 1.29 is 4.74 Å². The average Bonchev–Trinajstić information content (AvgIpc) is 2.53. The van der Waals surface area contributed by atoms with Crippen LogP contribution in [0, 0.1) is 0 Å². The number of alkyl halides is 2. The lowest BCUT2D eigenvalue weighted by Gasteiger charge is -2.10. The van der Waals surface area contributed by atoms with Gasteiger partial charge in [-0.2, -0.15) is 0 Å². The second-order valence-electron chi connectivity index (χ2n) is 4.64. The molecule has 106 valence electrons. The molecule has 0 saturated heterocycles. The molecule has 0 aliphatic rings. The molecule has 0 spiro atoms. The van der Waals surface area contributed by atoms with Gasteiger partial charge in [0.1, 0.15) is 22.7 Å². The first kappa shape index (κ1) is 14.2. The Labute approximate surface area is 133 Å². The summed E-state index contributed by atoms with van der Waals surface area (Å²) in [6.07, 6.45) is 0. The predicted octanol–water partition coefficient (Wildman–Crippen LogP) is 5.29. The van der Waals surface area contributed by atoms with Gasteiger partial charge in [0.05, 0.1) is 5.69 Å². The van der Waals surface area contributed by atoms with Crippen LogP contribution in [-0.2, 0) is 6.61 Å². The monoisotopic (exact) mass is 317 g/mol. The van der Waals surface area contributed by atoms with Gasteiger partial charge in [-0.15, -0.1) is 0 Å². The standard InChI is InChI=1S/C17H13Cl2NO/c18-17(19)14-10-9-13-7-4-8-15(16(13)20-14)21-11-12-5-2-1-3-6-12/h1-10,17H,11H2. The zero-order valence-electron chi connectivity index (χ0n) is 11.2. The second-order valence-corrected chi connectivity index (χ2v) is 5.74. The number of para-hydroxylation sites is 1. The number of aromatic nitrogens is 1. The van der Waals surface area contributed by atoms with Gasteiger partial charge >= 0.3 is 0 Å². The molecule has 0 saturated carbocycles. The topological polar surface area (TPSA) is 22.1 Å². The Hall–Kier alpha value is -1.77. The maximum absolute atomic E-state index is 5.89. The molecule has 0 aliphatic carbocycles. The van der Waals surface area contributed by atoms with Crippen molar-refractivity contribution in [3.63, 3.8) is 0 Å². The van der Waals surface area contributed by atoms with Crippen LogP contribution in [0.1, 0.15) is 16.1 Å². The van der Waals surface area contributed by atoms with E-state index in [1.54, 1.807) is 0 Å². The molecule has 2 nitrogen and oxygen atoms in total. The van der Waals surface area contributed by atoms with Crippen molar-refractivity contribution in [2.24, 2.45) is 0 Å². The zero-order valence-corrected chi connectivity index (χ0v) is 12.7. The third-order valence-corrected chi connectivity index (χ3v) is 3.61. The first-order chi connectivity index (χ1) is 10.2. The number of rotatable bonds is 4. The summed E-state index contributed by atoms with van der Waals surface area (Å²) in [6, 6.07) is 19.6.